The number of likely N-dealkylation sites (tertiary alicyclic amines) is 1. The monoisotopic (exact) mass is 305 g/mol. The highest BCUT2D eigenvalue weighted by Crippen LogP contribution is 2.29. The van der Waals surface area contributed by atoms with Gasteiger partial charge in [0.15, 0.2) is 0 Å². The summed E-state index contributed by atoms with van der Waals surface area (Å²) >= 11 is 0. The number of aryl methyl sites for hydroxylation is 1. The highest BCUT2D eigenvalue weighted by atomic mass is 16.2. The molecule has 0 N–H and O–H groups in total. The molecule has 1 aromatic rings. The first-order chi connectivity index (χ1) is 10.7. The van der Waals surface area contributed by atoms with Crippen LogP contribution in [0.3, 0.4) is 0 Å². The first-order valence-electron chi connectivity index (χ1n) is 8.49. The Morgan fingerprint density at radius 1 is 1.14 bits per heavy atom. The second kappa shape index (κ2) is 8.11. The van der Waals surface area contributed by atoms with Gasteiger partial charge in [-0.05, 0) is 19.3 Å². The van der Waals surface area contributed by atoms with Crippen molar-refractivity contribution in [3.8, 4) is 0 Å². The quantitative estimate of drug-likeness (QED) is 0.520. The summed E-state index contributed by atoms with van der Waals surface area (Å²) in [5.41, 5.74) is 0. The Balaban J connectivity index is 1.94. The van der Waals surface area contributed by atoms with Crippen LogP contribution in [-0.2, 0) is 16.1 Å². The lowest BCUT2D eigenvalue weighted by molar-refractivity contribution is -0.141. The highest BCUT2D eigenvalue weighted by molar-refractivity contribution is 6.39. The molecule has 2 heterocycles. The second-order valence-electron chi connectivity index (χ2n) is 6.09. The summed E-state index contributed by atoms with van der Waals surface area (Å²) in [7, 11) is 0. The van der Waals surface area contributed by atoms with Crippen LogP contribution >= 0.6 is 0 Å². The molecule has 1 aromatic heterocycles. The van der Waals surface area contributed by atoms with Crippen LogP contribution in [-0.4, -0.2) is 38.7 Å². The fraction of sp³-hybridized carbons (Fsp3) is 0.706. The summed E-state index contributed by atoms with van der Waals surface area (Å²) in [6.07, 6.45) is 11.4. The molecule has 0 aromatic carbocycles. The molecule has 2 atom stereocenters. The number of hydrogen-bond donors (Lipinski definition) is 0. The van der Waals surface area contributed by atoms with E-state index in [2.05, 4.69) is 11.9 Å². The van der Waals surface area contributed by atoms with E-state index in [-0.39, 0.29) is 23.7 Å². The molecular formula is C17H27N3O2. The zero-order chi connectivity index (χ0) is 15.9. The van der Waals surface area contributed by atoms with Crippen LogP contribution in [0.15, 0.2) is 18.7 Å². The van der Waals surface area contributed by atoms with Crippen molar-refractivity contribution in [3.63, 3.8) is 0 Å². The van der Waals surface area contributed by atoms with Crippen molar-refractivity contribution in [1.82, 2.24) is 14.5 Å². The molecule has 0 bridgehead atoms. The fourth-order valence-electron chi connectivity index (χ4n) is 3.37. The molecule has 22 heavy (non-hydrogen) atoms. The number of hydrogen-bond acceptors (Lipinski definition) is 3. The molecule has 1 fully saturated rings. The van der Waals surface area contributed by atoms with E-state index < -0.39 is 0 Å². The van der Waals surface area contributed by atoms with Gasteiger partial charge in [0.25, 0.3) is 5.91 Å². The van der Waals surface area contributed by atoms with E-state index in [0.29, 0.717) is 6.54 Å². The van der Waals surface area contributed by atoms with Gasteiger partial charge in [0.1, 0.15) is 0 Å². The molecule has 1 saturated heterocycles. The van der Waals surface area contributed by atoms with Crippen LogP contribution in [0, 0.1) is 5.92 Å². The van der Waals surface area contributed by atoms with E-state index in [1.54, 1.807) is 12.5 Å². The molecule has 5 heteroatoms. The molecule has 1 aliphatic rings. The predicted molar refractivity (Wildman–Crippen MR) is 85.3 cm³/mol. The maximum atomic E-state index is 12.3. The van der Waals surface area contributed by atoms with Gasteiger partial charge in [-0.1, -0.05) is 33.1 Å². The largest absolute Gasteiger partial charge is 0.337 e. The third-order valence-electron chi connectivity index (χ3n) is 4.59. The number of ketones is 1. The highest BCUT2D eigenvalue weighted by Gasteiger charge is 2.45. The lowest BCUT2D eigenvalue weighted by Gasteiger charge is -2.27. The molecule has 0 saturated carbocycles. The van der Waals surface area contributed by atoms with Gasteiger partial charge in [-0.25, -0.2) is 4.98 Å². The molecule has 122 valence electrons. The molecule has 1 aliphatic heterocycles. The normalized spacial score (nSPS) is 21.8. The van der Waals surface area contributed by atoms with E-state index in [4.69, 9.17) is 0 Å². The summed E-state index contributed by atoms with van der Waals surface area (Å²) in [5.74, 6) is -0.539. The van der Waals surface area contributed by atoms with E-state index in [0.717, 1.165) is 45.1 Å². The summed E-state index contributed by atoms with van der Waals surface area (Å²) in [6, 6.07) is 0.110. The lowest BCUT2D eigenvalue weighted by atomic mass is 9.92. The van der Waals surface area contributed by atoms with Gasteiger partial charge < -0.3 is 9.47 Å². The number of rotatable bonds is 9. The van der Waals surface area contributed by atoms with Gasteiger partial charge in [0.2, 0.25) is 5.78 Å². The van der Waals surface area contributed by atoms with Crippen LogP contribution in [0.25, 0.3) is 0 Å². The third kappa shape index (κ3) is 3.76. The number of Topliss-reactive ketones (excluding diaryl/α,β-unsaturated/α-hetero) is 1. The van der Waals surface area contributed by atoms with Gasteiger partial charge in [-0.2, -0.15) is 0 Å². The molecule has 1 amide bonds. The number of aromatic nitrogens is 2. The van der Waals surface area contributed by atoms with Crippen molar-refractivity contribution in [2.24, 2.45) is 5.92 Å². The minimum absolute atomic E-state index is 0.0994. The number of imidazole rings is 1. The van der Waals surface area contributed by atoms with Gasteiger partial charge in [-0.3, -0.25) is 9.59 Å². The van der Waals surface area contributed by atoms with Crippen molar-refractivity contribution in [2.75, 3.05) is 6.54 Å². The first kappa shape index (κ1) is 16.7. The van der Waals surface area contributed by atoms with E-state index >= 15 is 0 Å². The number of unbranched alkanes of at least 4 members (excludes halogenated alkanes) is 2. The molecular weight excluding hydrogens is 278 g/mol. The Morgan fingerprint density at radius 2 is 1.95 bits per heavy atom. The first-order valence-corrected chi connectivity index (χ1v) is 8.49. The number of nitrogens with zero attached hydrogens (tertiary/aromatic N) is 3. The smallest absolute Gasteiger partial charge is 0.290 e. The van der Waals surface area contributed by atoms with Crippen molar-refractivity contribution in [2.45, 2.75) is 65.0 Å². The van der Waals surface area contributed by atoms with Gasteiger partial charge in [-0.15, -0.1) is 0 Å². The SMILES string of the molecule is CCCCCC1C(CC)C(=O)C(=O)N1CCCn1ccnc1. The van der Waals surface area contributed by atoms with Crippen LogP contribution in [0.2, 0.25) is 0 Å². The lowest BCUT2D eigenvalue weighted by Crippen LogP contribution is -2.36. The minimum Gasteiger partial charge on any atom is -0.337 e. The molecule has 2 unspecified atom stereocenters. The molecule has 2 rings (SSSR count). The topological polar surface area (TPSA) is 55.2 Å². The summed E-state index contributed by atoms with van der Waals surface area (Å²) in [5, 5.41) is 0. The Labute approximate surface area is 132 Å². The summed E-state index contributed by atoms with van der Waals surface area (Å²) in [6.45, 7) is 5.68. The van der Waals surface area contributed by atoms with E-state index in [1.807, 2.05) is 22.6 Å². The Hall–Kier alpha value is -1.65. The standard InChI is InChI=1S/C17H27N3O2/c1-3-5-6-8-15-14(4-2)16(21)17(22)20(15)11-7-10-19-12-9-18-13-19/h9,12-15H,3-8,10-11H2,1-2H3. The molecule has 0 aliphatic carbocycles. The van der Waals surface area contributed by atoms with E-state index in [9.17, 15) is 9.59 Å². The van der Waals surface area contributed by atoms with Crippen LogP contribution in [0.4, 0.5) is 0 Å². The predicted octanol–water partition coefficient (Wildman–Crippen LogP) is 2.66. The van der Waals surface area contributed by atoms with E-state index in [1.165, 1.54) is 0 Å². The van der Waals surface area contributed by atoms with Gasteiger partial charge >= 0.3 is 0 Å². The van der Waals surface area contributed by atoms with Crippen LogP contribution in [0.1, 0.15) is 52.4 Å². The second-order valence-corrected chi connectivity index (χ2v) is 6.09. The fourth-order valence-corrected chi connectivity index (χ4v) is 3.37. The summed E-state index contributed by atoms with van der Waals surface area (Å²) < 4.78 is 2.01. The van der Waals surface area contributed by atoms with Crippen LogP contribution in [0.5, 0.6) is 0 Å². The number of carbonyl (C=O) groups excluding carboxylic acids is 2. The maximum absolute atomic E-state index is 12.3. The Morgan fingerprint density at radius 3 is 2.59 bits per heavy atom. The molecule has 0 radical (unpaired) electrons. The zero-order valence-corrected chi connectivity index (χ0v) is 13.7. The molecule has 0 spiro atoms. The van der Waals surface area contributed by atoms with Crippen molar-refractivity contribution < 1.29 is 9.59 Å². The van der Waals surface area contributed by atoms with Crippen LogP contribution < -0.4 is 0 Å². The van der Waals surface area contributed by atoms with Crippen molar-refractivity contribution >= 4 is 11.7 Å². The van der Waals surface area contributed by atoms with Gasteiger partial charge in [0, 0.05) is 37.4 Å². The average Bonchev–Trinajstić information content (AvgIpc) is 3.10. The van der Waals surface area contributed by atoms with Gasteiger partial charge in [0.05, 0.1) is 6.33 Å². The minimum atomic E-state index is -0.265. The number of amides is 1. The zero-order valence-electron chi connectivity index (χ0n) is 13.7. The molecule has 5 nitrogen and oxygen atoms in total. The van der Waals surface area contributed by atoms with Crippen molar-refractivity contribution in [1.29, 1.82) is 0 Å². The summed E-state index contributed by atoms with van der Waals surface area (Å²) in [4.78, 5) is 30.3. The Kier molecular flexibility index (Phi) is 6.16. The van der Waals surface area contributed by atoms with Crippen molar-refractivity contribution in [3.05, 3.63) is 18.7 Å². The maximum Gasteiger partial charge on any atom is 0.290 e. The number of carbonyl (C=O) groups is 2. The average molecular weight is 305 g/mol. The third-order valence-corrected chi connectivity index (χ3v) is 4.59. The Bertz CT molecular complexity index is 484.